The number of aryl methyl sites for hydroxylation is 1. The van der Waals surface area contributed by atoms with E-state index in [4.69, 9.17) is 11.6 Å². The summed E-state index contributed by atoms with van der Waals surface area (Å²) >= 11 is 5.88. The number of hydrogen-bond donors (Lipinski definition) is 2. The van der Waals surface area contributed by atoms with Gasteiger partial charge in [-0.25, -0.2) is 9.37 Å². The maximum Gasteiger partial charge on any atom is 0.251 e. The molecule has 0 aliphatic heterocycles. The number of fused-ring (bicyclic) bond motifs is 1. The lowest BCUT2D eigenvalue weighted by Gasteiger charge is -2.19. The van der Waals surface area contributed by atoms with Gasteiger partial charge in [0.25, 0.3) is 5.56 Å². The Labute approximate surface area is 191 Å². The summed E-state index contributed by atoms with van der Waals surface area (Å²) in [5.74, 6) is -0.562. The van der Waals surface area contributed by atoms with E-state index in [2.05, 4.69) is 20.3 Å². The van der Waals surface area contributed by atoms with Gasteiger partial charge in [-0.1, -0.05) is 17.7 Å². The largest absolute Gasteiger partial charge is 0.394 e. The van der Waals surface area contributed by atoms with Gasteiger partial charge in [0.2, 0.25) is 0 Å². The fourth-order valence-electron chi connectivity index (χ4n) is 3.83. The molecule has 0 fully saturated rings. The number of nitrogens with zero attached hydrogens (tertiary/aromatic N) is 5. The van der Waals surface area contributed by atoms with E-state index < -0.39 is 11.9 Å². The standard InChI is InChI=1S/C23H18ClFN6O2/c1-30-11-16(10-27-30)22-17-6-15(9-26-23(17)29-28-22)13-4-5-31(21(33)8-13)20(12-32)14-2-3-19(25)18(24)7-14/h2-11,20,32H,12H2,1H3,(H,26,28,29). The molecule has 5 rings (SSSR count). The number of hydrogen-bond acceptors (Lipinski definition) is 5. The molecule has 0 aliphatic carbocycles. The summed E-state index contributed by atoms with van der Waals surface area (Å²) in [6, 6.07) is 8.58. The van der Waals surface area contributed by atoms with Gasteiger partial charge in [-0.05, 0) is 35.4 Å². The van der Waals surface area contributed by atoms with Gasteiger partial charge in [-0.15, -0.1) is 0 Å². The van der Waals surface area contributed by atoms with Crippen LogP contribution in [0.5, 0.6) is 0 Å². The Hall–Kier alpha value is -3.82. The van der Waals surface area contributed by atoms with Crippen LogP contribution in [0.15, 0.2) is 66.0 Å². The number of benzene rings is 1. The smallest absolute Gasteiger partial charge is 0.251 e. The van der Waals surface area contributed by atoms with Crippen LogP contribution in [0.1, 0.15) is 11.6 Å². The number of H-pyrrole nitrogens is 1. The fourth-order valence-corrected chi connectivity index (χ4v) is 4.01. The summed E-state index contributed by atoms with van der Waals surface area (Å²) < 4.78 is 16.6. The summed E-state index contributed by atoms with van der Waals surface area (Å²) in [6.07, 6.45) is 6.84. The molecule has 166 valence electrons. The number of nitrogens with one attached hydrogen (secondary N) is 1. The molecule has 5 aromatic rings. The number of aliphatic hydroxyl groups excluding tert-OH is 1. The van der Waals surface area contributed by atoms with Crippen LogP contribution in [-0.4, -0.2) is 41.2 Å². The number of aliphatic hydroxyl groups is 1. The van der Waals surface area contributed by atoms with Crippen molar-refractivity contribution in [3.8, 4) is 22.4 Å². The third-order valence-electron chi connectivity index (χ3n) is 5.51. The zero-order chi connectivity index (χ0) is 23.1. The summed E-state index contributed by atoms with van der Waals surface area (Å²) in [7, 11) is 1.83. The van der Waals surface area contributed by atoms with E-state index in [1.165, 1.54) is 28.8 Å². The number of pyridine rings is 2. The molecule has 1 atom stereocenters. The first-order valence-electron chi connectivity index (χ1n) is 10.1. The highest BCUT2D eigenvalue weighted by atomic mass is 35.5. The lowest BCUT2D eigenvalue weighted by Crippen LogP contribution is -2.26. The average Bonchev–Trinajstić information content (AvgIpc) is 3.43. The molecule has 0 aliphatic rings. The molecule has 8 nitrogen and oxygen atoms in total. The van der Waals surface area contributed by atoms with Crippen molar-refractivity contribution in [3.63, 3.8) is 0 Å². The van der Waals surface area contributed by atoms with Crippen LogP contribution in [0, 0.1) is 5.82 Å². The van der Waals surface area contributed by atoms with Crippen LogP contribution in [0.25, 0.3) is 33.4 Å². The van der Waals surface area contributed by atoms with Crippen molar-refractivity contribution in [2.24, 2.45) is 7.05 Å². The van der Waals surface area contributed by atoms with Crippen molar-refractivity contribution < 1.29 is 9.50 Å². The van der Waals surface area contributed by atoms with E-state index in [0.717, 1.165) is 16.5 Å². The van der Waals surface area contributed by atoms with E-state index in [-0.39, 0.29) is 17.2 Å². The first-order valence-corrected chi connectivity index (χ1v) is 10.4. The third-order valence-corrected chi connectivity index (χ3v) is 5.80. The molecule has 10 heteroatoms. The summed E-state index contributed by atoms with van der Waals surface area (Å²) in [5.41, 5.74) is 3.80. The van der Waals surface area contributed by atoms with Gasteiger partial charge >= 0.3 is 0 Å². The Bertz CT molecular complexity index is 1540. The van der Waals surface area contributed by atoms with E-state index >= 15 is 0 Å². The molecule has 0 saturated heterocycles. The van der Waals surface area contributed by atoms with Crippen LogP contribution in [0.2, 0.25) is 5.02 Å². The molecule has 0 saturated carbocycles. The molecule has 0 amide bonds. The Morgan fingerprint density at radius 1 is 1.15 bits per heavy atom. The second kappa shape index (κ2) is 8.27. The lowest BCUT2D eigenvalue weighted by molar-refractivity contribution is 0.247. The van der Waals surface area contributed by atoms with Gasteiger partial charge in [-0.2, -0.15) is 10.2 Å². The van der Waals surface area contributed by atoms with Gasteiger partial charge in [0, 0.05) is 48.2 Å². The quantitative estimate of drug-likeness (QED) is 0.414. The van der Waals surface area contributed by atoms with Crippen molar-refractivity contribution in [3.05, 3.63) is 87.9 Å². The predicted octanol–water partition coefficient (Wildman–Crippen LogP) is 3.56. The van der Waals surface area contributed by atoms with Crippen LogP contribution >= 0.6 is 11.6 Å². The van der Waals surface area contributed by atoms with Gasteiger partial charge < -0.3 is 9.67 Å². The highest BCUT2D eigenvalue weighted by Crippen LogP contribution is 2.29. The molecule has 0 spiro atoms. The van der Waals surface area contributed by atoms with Crippen molar-refractivity contribution in [1.82, 2.24) is 29.5 Å². The SMILES string of the molecule is Cn1cc(-c2n[nH]c3ncc(-c4ccn(C(CO)c5ccc(F)c(Cl)c5)c(=O)c4)cc23)cn1. The molecule has 0 radical (unpaired) electrons. The van der Waals surface area contributed by atoms with Crippen LogP contribution in [0.3, 0.4) is 0 Å². The Morgan fingerprint density at radius 3 is 2.70 bits per heavy atom. The number of aromatic nitrogens is 6. The second-order valence-electron chi connectivity index (χ2n) is 7.63. The summed E-state index contributed by atoms with van der Waals surface area (Å²) in [5, 5.41) is 22.1. The summed E-state index contributed by atoms with van der Waals surface area (Å²) in [6.45, 7) is -0.349. The normalized spacial score (nSPS) is 12.4. The van der Waals surface area contributed by atoms with Crippen molar-refractivity contribution in [2.75, 3.05) is 6.61 Å². The van der Waals surface area contributed by atoms with E-state index in [1.54, 1.807) is 29.3 Å². The molecule has 4 aromatic heterocycles. The highest BCUT2D eigenvalue weighted by molar-refractivity contribution is 6.30. The fraction of sp³-hybridized carbons (Fsp3) is 0.130. The summed E-state index contributed by atoms with van der Waals surface area (Å²) in [4.78, 5) is 17.4. The maximum absolute atomic E-state index is 13.5. The predicted molar refractivity (Wildman–Crippen MR) is 122 cm³/mol. The minimum atomic E-state index is -0.698. The molecule has 0 bridgehead atoms. The zero-order valence-corrected chi connectivity index (χ0v) is 18.2. The van der Waals surface area contributed by atoms with Crippen molar-refractivity contribution >= 4 is 22.6 Å². The first kappa shape index (κ1) is 21.0. The number of rotatable bonds is 5. The van der Waals surface area contributed by atoms with Gasteiger partial charge in [0.05, 0.1) is 23.9 Å². The van der Waals surface area contributed by atoms with Gasteiger partial charge in [0.1, 0.15) is 11.5 Å². The molecular weight excluding hydrogens is 447 g/mol. The third kappa shape index (κ3) is 3.81. The van der Waals surface area contributed by atoms with E-state index in [0.29, 0.717) is 22.5 Å². The first-order chi connectivity index (χ1) is 15.9. The van der Waals surface area contributed by atoms with Crippen molar-refractivity contribution in [1.29, 1.82) is 0 Å². The second-order valence-corrected chi connectivity index (χ2v) is 8.04. The number of aromatic amines is 1. The van der Waals surface area contributed by atoms with Crippen molar-refractivity contribution in [2.45, 2.75) is 6.04 Å². The van der Waals surface area contributed by atoms with Crippen LogP contribution < -0.4 is 5.56 Å². The van der Waals surface area contributed by atoms with E-state index in [9.17, 15) is 14.3 Å². The van der Waals surface area contributed by atoms with E-state index in [1.807, 2.05) is 19.3 Å². The lowest BCUT2D eigenvalue weighted by atomic mass is 10.0. The molecule has 4 heterocycles. The molecule has 1 unspecified atom stereocenters. The minimum Gasteiger partial charge on any atom is -0.394 e. The highest BCUT2D eigenvalue weighted by Gasteiger charge is 2.17. The molecule has 2 N–H and O–H groups in total. The Kier molecular flexibility index (Phi) is 5.27. The molecular formula is C23H18ClFN6O2. The van der Waals surface area contributed by atoms with Crippen LogP contribution in [0.4, 0.5) is 4.39 Å². The topological polar surface area (TPSA) is 102 Å². The Balaban J connectivity index is 1.53. The molecule has 33 heavy (non-hydrogen) atoms. The zero-order valence-electron chi connectivity index (χ0n) is 17.4. The van der Waals surface area contributed by atoms with Gasteiger partial charge in [0.15, 0.2) is 5.65 Å². The van der Waals surface area contributed by atoms with Crippen LogP contribution in [-0.2, 0) is 7.05 Å². The average molecular weight is 465 g/mol. The monoisotopic (exact) mass is 464 g/mol. The number of halogens is 2. The maximum atomic E-state index is 13.5. The Morgan fingerprint density at radius 2 is 2.00 bits per heavy atom. The molecule has 1 aromatic carbocycles. The van der Waals surface area contributed by atoms with Gasteiger partial charge in [-0.3, -0.25) is 14.6 Å². The minimum absolute atomic E-state index is 0.0699.